The first-order valence-corrected chi connectivity index (χ1v) is 8.13. The third-order valence-electron chi connectivity index (χ3n) is 5.05. The van der Waals surface area contributed by atoms with Crippen molar-refractivity contribution in [3.8, 4) is 0 Å². The van der Waals surface area contributed by atoms with Gasteiger partial charge in [0, 0.05) is 16.5 Å². The zero-order valence-corrected chi connectivity index (χ0v) is 19.4. The Morgan fingerprint density at radius 3 is 1.71 bits per heavy atom. The van der Waals surface area contributed by atoms with Gasteiger partial charge in [-0.3, -0.25) is 0 Å². The van der Waals surface area contributed by atoms with Crippen LogP contribution in [-0.2, 0) is 0 Å². The smallest absolute Gasteiger partial charge is 0.545 e. The van der Waals surface area contributed by atoms with Crippen LogP contribution in [0.1, 0.15) is 20.7 Å². The van der Waals surface area contributed by atoms with Crippen molar-refractivity contribution in [3.63, 3.8) is 0 Å². The minimum Gasteiger partial charge on any atom is -0.545 e. The summed E-state index contributed by atoms with van der Waals surface area (Å²) in [5, 5.41) is 29.8. The molecule has 28 heavy (non-hydrogen) atoms. The molecule has 0 bridgehead atoms. The average molecular weight is 384 g/mol. The van der Waals surface area contributed by atoms with Gasteiger partial charge in [-0.05, 0) is 43.8 Å². The fourth-order valence-corrected chi connectivity index (χ4v) is 4.10. The van der Waals surface area contributed by atoms with Crippen molar-refractivity contribution in [1.29, 1.82) is 0 Å². The van der Waals surface area contributed by atoms with Gasteiger partial charge in [-0.1, -0.05) is 54.6 Å². The molecule has 5 aromatic carbocycles. The molecule has 0 aliphatic carbocycles. The first kappa shape index (κ1) is 21.1. The standard InChI is InChI=1S/C22H12O4.2Na/c23-21(24)16-10-12-6-3-8-14-13-7-1-4-11-5-2-9-15(17(11)13)19(18(12)14)20(16)22(25)26;;/h1-10H,(H,23,24)(H,25,26);;/q;2*+1/p-2. The van der Waals surface area contributed by atoms with Crippen LogP contribution in [0, 0.1) is 0 Å². The van der Waals surface area contributed by atoms with Gasteiger partial charge in [-0.2, -0.15) is 0 Å². The molecule has 0 heterocycles. The van der Waals surface area contributed by atoms with Crippen LogP contribution < -0.4 is 69.3 Å². The van der Waals surface area contributed by atoms with Gasteiger partial charge < -0.3 is 19.8 Å². The van der Waals surface area contributed by atoms with E-state index < -0.39 is 11.9 Å². The number of carboxylic acids is 2. The monoisotopic (exact) mass is 384 g/mol. The van der Waals surface area contributed by atoms with Crippen LogP contribution >= 0.6 is 0 Å². The maximum Gasteiger partial charge on any atom is 1.00 e. The molecule has 5 aromatic rings. The van der Waals surface area contributed by atoms with Crippen LogP contribution in [-0.4, -0.2) is 11.9 Å². The molecule has 0 saturated heterocycles. The molecule has 0 spiro atoms. The maximum absolute atomic E-state index is 11.9. The average Bonchev–Trinajstić information content (AvgIpc) is 2.64. The van der Waals surface area contributed by atoms with E-state index in [1.54, 1.807) is 6.07 Å². The zero-order valence-electron chi connectivity index (χ0n) is 15.4. The normalized spacial score (nSPS) is 10.9. The van der Waals surface area contributed by atoms with Crippen LogP contribution in [0.15, 0.2) is 60.7 Å². The first-order valence-electron chi connectivity index (χ1n) is 8.13. The third-order valence-corrected chi connectivity index (χ3v) is 5.05. The molecule has 0 amide bonds. The molecule has 0 N–H and O–H groups in total. The van der Waals surface area contributed by atoms with Crippen molar-refractivity contribution in [2.24, 2.45) is 0 Å². The number of carbonyl (C=O) groups excluding carboxylic acids is 2. The van der Waals surface area contributed by atoms with Gasteiger partial charge >= 0.3 is 59.1 Å². The Balaban J connectivity index is 0.00000112. The minimum absolute atomic E-state index is 0. The number of benzene rings is 5. The Labute approximate surface area is 204 Å². The van der Waals surface area contributed by atoms with E-state index in [1.165, 1.54) is 6.07 Å². The summed E-state index contributed by atoms with van der Waals surface area (Å²) >= 11 is 0. The van der Waals surface area contributed by atoms with Gasteiger partial charge in [0.05, 0.1) is 11.9 Å². The maximum atomic E-state index is 11.9. The Hall–Kier alpha value is -1.66. The Bertz CT molecular complexity index is 1390. The molecule has 124 valence electrons. The quantitative estimate of drug-likeness (QED) is 0.180. The summed E-state index contributed by atoms with van der Waals surface area (Å²) in [5.41, 5.74) is -0.687. The van der Waals surface area contributed by atoms with Crippen LogP contribution in [0.4, 0.5) is 0 Å². The molecular formula is C22H10Na2O4. The molecule has 0 fully saturated rings. The molecule has 0 aromatic heterocycles. The molecule has 0 saturated carbocycles. The van der Waals surface area contributed by atoms with Crippen molar-refractivity contribution >= 4 is 55.0 Å². The summed E-state index contributed by atoms with van der Waals surface area (Å²) in [5.74, 6) is -3.05. The van der Waals surface area contributed by atoms with E-state index in [2.05, 4.69) is 0 Å². The molecule has 0 unspecified atom stereocenters. The predicted octanol–water partition coefficient (Wildman–Crippen LogP) is -3.53. The molecule has 0 atom stereocenters. The summed E-state index contributed by atoms with van der Waals surface area (Å²) in [4.78, 5) is 23.5. The van der Waals surface area contributed by atoms with E-state index in [1.807, 2.05) is 48.5 Å². The molecule has 6 heteroatoms. The van der Waals surface area contributed by atoms with Gasteiger partial charge in [0.2, 0.25) is 0 Å². The van der Waals surface area contributed by atoms with Crippen LogP contribution in [0.5, 0.6) is 0 Å². The van der Waals surface area contributed by atoms with Gasteiger partial charge in [-0.15, -0.1) is 0 Å². The first-order chi connectivity index (χ1) is 12.6. The van der Waals surface area contributed by atoms with Gasteiger partial charge in [-0.25, -0.2) is 0 Å². The fourth-order valence-electron chi connectivity index (χ4n) is 4.10. The van der Waals surface area contributed by atoms with E-state index in [0.29, 0.717) is 16.2 Å². The topological polar surface area (TPSA) is 80.3 Å². The van der Waals surface area contributed by atoms with E-state index in [9.17, 15) is 19.8 Å². The van der Waals surface area contributed by atoms with Crippen molar-refractivity contribution in [2.75, 3.05) is 0 Å². The SMILES string of the molecule is O=C([O-])c1cc2cccc3c4cccc5cccc(c(c1C(=O)[O-])c23)c54.[Na+].[Na+]. The Morgan fingerprint density at radius 1 is 0.607 bits per heavy atom. The molecule has 0 radical (unpaired) electrons. The second kappa shape index (κ2) is 7.64. The van der Waals surface area contributed by atoms with Crippen molar-refractivity contribution in [3.05, 3.63) is 71.8 Å². The number of aromatic carboxylic acids is 2. The molecule has 4 nitrogen and oxygen atoms in total. The minimum atomic E-state index is -1.53. The second-order valence-electron chi connectivity index (χ2n) is 6.36. The van der Waals surface area contributed by atoms with Crippen molar-refractivity contribution < 1.29 is 78.9 Å². The van der Waals surface area contributed by atoms with Gasteiger partial charge in [0.15, 0.2) is 0 Å². The predicted molar refractivity (Wildman–Crippen MR) is 96.3 cm³/mol. The van der Waals surface area contributed by atoms with Crippen molar-refractivity contribution in [2.45, 2.75) is 0 Å². The van der Waals surface area contributed by atoms with Crippen LogP contribution in [0.25, 0.3) is 43.1 Å². The number of fused-ring (bicyclic) bond motifs is 2. The van der Waals surface area contributed by atoms with E-state index in [-0.39, 0.29) is 70.2 Å². The van der Waals surface area contributed by atoms with Crippen LogP contribution in [0.2, 0.25) is 0 Å². The number of rotatable bonds is 2. The van der Waals surface area contributed by atoms with Crippen LogP contribution in [0.3, 0.4) is 0 Å². The van der Waals surface area contributed by atoms with Gasteiger partial charge in [0.25, 0.3) is 0 Å². The van der Waals surface area contributed by atoms with E-state index >= 15 is 0 Å². The fraction of sp³-hybridized carbons (Fsp3) is 0. The summed E-state index contributed by atoms with van der Waals surface area (Å²) < 4.78 is 0. The number of carbonyl (C=O) groups is 2. The molecule has 0 aliphatic rings. The number of hydrogen-bond donors (Lipinski definition) is 0. The summed E-state index contributed by atoms with van der Waals surface area (Å²) in [6.07, 6.45) is 0. The number of hydrogen-bond acceptors (Lipinski definition) is 4. The Morgan fingerprint density at radius 2 is 1.14 bits per heavy atom. The Kier molecular flexibility index (Phi) is 5.74. The third kappa shape index (κ3) is 2.84. The second-order valence-corrected chi connectivity index (χ2v) is 6.36. The molecule has 5 rings (SSSR count). The van der Waals surface area contributed by atoms with E-state index in [4.69, 9.17) is 0 Å². The summed E-state index contributed by atoms with van der Waals surface area (Å²) in [6, 6.07) is 18.4. The molecule has 0 aliphatic heterocycles. The molecular weight excluding hydrogens is 374 g/mol. The zero-order chi connectivity index (χ0) is 18.0. The van der Waals surface area contributed by atoms with E-state index in [0.717, 1.165) is 26.9 Å². The van der Waals surface area contributed by atoms with Gasteiger partial charge in [0.1, 0.15) is 0 Å². The largest absolute Gasteiger partial charge is 1.00 e. The van der Waals surface area contributed by atoms with Crippen molar-refractivity contribution in [1.82, 2.24) is 0 Å². The summed E-state index contributed by atoms with van der Waals surface area (Å²) in [7, 11) is 0. The summed E-state index contributed by atoms with van der Waals surface area (Å²) in [6.45, 7) is 0. The number of carboxylic acid groups (broad SMARTS) is 2.